The Morgan fingerprint density at radius 3 is 2.87 bits per heavy atom. The van der Waals surface area contributed by atoms with E-state index in [0.29, 0.717) is 17.2 Å². The second-order valence-electron chi connectivity index (χ2n) is 7.02. The third-order valence-corrected chi connectivity index (χ3v) is 5.08. The lowest BCUT2D eigenvalue weighted by atomic mass is 10.1. The van der Waals surface area contributed by atoms with Gasteiger partial charge in [-0.2, -0.15) is 5.10 Å². The van der Waals surface area contributed by atoms with Crippen molar-refractivity contribution in [2.45, 2.75) is 26.4 Å². The number of aryl methyl sites for hydroxylation is 1. The minimum Gasteiger partial charge on any atom is -0.362 e. The maximum absolute atomic E-state index is 13.3. The Morgan fingerprint density at radius 2 is 2.10 bits per heavy atom. The number of carbonyl (C=O) groups excluding carboxylic acids is 1. The Labute approximate surface area is 183 Å². The summed E-state index contributed by atoms with van der Waals surface area (Å²) in [7, 11) is 0. The van der Waals surface area contributed by atoms with E-state index >= 15 is 0 Å². The number of benzene rings is 2. The van der Waals surface area contributed by atoms with Gasteiger partial charge in [-0.25, -0.2) is 14.4 Å². The third kappa shape index (κ3) is 4.64. The molecule has 0 saturated heterocycles. The Bertz CT molecular complexity index is 1260. The van der Waals surface area contributed by atoms with E-state index in [1.54, 1.807) is 16.9 Å². The van der Waals surface area contributed by atoms with Gasteiger partial charge in [0.2, 0.25) is 5.65 Å². The molecule has 1 amide bonds. The summed E-state index contributed by atoms with van der Waals surface area (Å²) in [6, 6.07) is 11.2. The summed E-state index contributed by atoms with van der Waals surface area (Å²) in [6.07, 6.45) is 3.53. The van der Waals surface area contributed by atoms with Gasteiger partial charge in [0.1, 0.15) is 17.2 Å². The van der Waals surface area contributed by atoms with E-state index in [1.807, 2.05) is 38.2 Å². The van der Waals surface area contributed by atoms with E-state index in [9.17, 15) is 9.18 Å². The van der Waals surface area contributed by atoms with Crippen LogP contribution in [0.15, 0.2) is 54.9 Å². The normalized spacial score (nSPS) is 12.0. The molecule has 0 unspecified atom stereocenters. The molecule has 0 saturated carbocycles. The maximum Gasteiger partial charge on any atom is 0.255 e. The van der Waals surface area contributed by atoms with Gasteiger partial charge in [0, 0.05) is 17.8 Å². The summed E-state index contributed by atoms with van der Waals surface area (Å²) in [6.45, 7) is 4.74. The molecule has 2 aromatic carbocycles. The minimum atomic E-state index is -0.567. The number of rotatable bonds is 6. The molecule has 4 aromatic rings. The highest BCUT2D eigenvalue weighted by Crippen LogP contribution is 2.23. The van der Waals surface area contributed by atoms with Crippen LogP contribution in [0.5, 0.6) is 0 Å². The second-order valence-corrected chi connectivity index (χ2v) is 7.43. The summed E-state index contributed by atoms with van der Waals surface area (Å²) in [5, 5.41) is 10.4. The van der Waals surface area contributed by atoms with Crippen molar-refractivity contribution in [2.24, 2.45) is 0 Å². The van der Waals surface area contributed by atoms with Crippen molar-refractivity contribution < 1.29 is 9.18 Å². The number of halogens is 2. The Morgan fingerprint density at radius 1 is 1.26 bits per heavy atom. The highest BCUT2D eigenvalue weighted by atomic mass is 35.5. The summed E-state index contributed by atoms with van der Waals surface area (Å²) in [5.74, 6) is -0.331. The topological polar surface area (TPSA) is 84.7 Å². The molecule has 0 radical (unpaired) electrons. The van der Waals surface area contributed by atoms with Crippen molar-refractivity contribution >= 4 is 40.2 Å². The van der Waals surface area contributed by atoms with E-state index in [0.717, 1.165) is 17.6 Å². The summed E-state index contributed by atoms with van der Waals surface area (Å²) in [4.78, 5) is 21.4. The molecule has 2 aromatic heterocycles. The molecule has 158 valence electrons. The molecule has 0 aliphatic heterocycles. The van der Waals surface area contributed by atoms with Crippen molar-refractivity contribution in [2.75, 3.05) is 10.6 Å². The van der Waals surface area contributed by atoms with Crippen molar-refractivity contribution in [1.29, 1.82) is 0 Å². The lowest BCUT2D eigenvalue weighted by molar-refractivity contribution is 0.102. The highest BCUT2D eigenvalue weighted by molar-refractivity contribution is 6.31. The van der Waals surface area contributed by atoms with Gasteiger partial charge in [-0.1, -0.05) is 23.7 Å². The van der Waals surface area contributed by atoms with Gasteiger partial charge in [0.05, 0.1) is 23.5 Å². The summed E-state index contributed by atoms with van der Waals surface area (Å²) >= 11 is 5.77. The number of aromatic nitrogens is 4. The zero-order valence-electron chi connectivity index (χ0n) is 16.9. The molecular weight excluding hydrogens is 419 g/mol. The van der Waals surface area contributed by atoms with Crippen molar-refractivity contribution in [3.63, 3.8) is 0 Å². The maximum atomic E-state index is 13.3. The monoisotopic (exact) mass is 438 g/mol. The van der Waals surface area contributed by atoms with Crippen LogP contribution in [0.3, 0.4) is 0 Å². The first-order valence-corrected chi connectivity index (χ1v) is 10.1. The fourth-order valence-corrected chi connectivity index (χ4v) is 3.29. The first-order chi connectivity index (χ1) is 14.9. The van der Waals surface area contributed by atoms with E-state index in [4.69, 9.17) is 11.6 Å². The number of hydrogen-bond acceptors (Lipinski definition) is 5. The lowest BCUT2D eigenvalue weighted by Gasteiger charge is -2.16. The molecule has 2 N–H and O–H groups in total. The average molecular weight is 439 g/mol. The SMILES string of the molecule is CCn1cc2ncc(N[C@@H](C)c3cccc(NC(=O)c4ccc(F)c(Cl)c4)c3)nc2n1. The predicted octanol–water partition coefficient (Wildman–Crippen LogP) is 5.06. The van der Waals surface area contributed by atoms with Gasteiger partial charge in [-0.05, 0) is 49.7 Å². The quantitative estimate of drug-likeness (QED) is 0.439. The van der Waals surface area contributed by atoms with Crippen molar-refractivity contribution in [3.8, 4) is 0 Å². The third-order valence-electron chi connectivity index (χ3n) is 4.79. The molecule has 4 rings (SSSR count). The van der Waals surface area contributed by atoms with Crippen LogP contribution in [-0.2, 0) is 6.54 Å². The number of hydrogen-bond donors (Lipinski definition) is 2. The number of carbonyl (C=O) groups is 1. The molecule has 0 bridgehead atoms. The van der Waals surface area contributed by atoms with E-state index in [-0.39, 0.29) is 22.5 Å². The smallest absolute Gasteiger partial charge is 0.255 e. The molecule has 0 aliphatic carbocycles. The molecule has 0 spiro atoms. The Hall–Kier alpha value is -3.52. The van der Waals surface area contributed by atoms with Gasteiger partial charge in [-0.15, -0.1) is 0 Å². The first-order valence-electron chi connectivity index (χ1n) is 9.76. The molecular formula is C22H20ClFN6O. The Kier molecular flexibility index (Phi) is 5.81. The highest BCUT2D eigenvalue weighted by Gasteiger charge is 2.12. The molecule has 2 heterocycles. The number of amides is 1. The van der Waals surface area contributed by atoms with E-state index in [2.05, 4.69) is 25.7 Å². The molecule has 7 nitrogen and oxygen atoms in total. The molecule has 0 fully saturated rings. The lowest BCUT2D eigenvalue weighted by Crippen LogP contribution is -2.13. The molecule has 1 atom stereocenters. The minimum absolute atomic E-state index is 0.0962. The number of anilines is 2. The van der Waals surface area contributed by atoms with Crippen LogP contribution in [-0.4, -0.2) is 25.7 Å². The Balaban J connectivity index is 1.48. The fraction of sp³-hybridized carbons (Fsp3) is 0.182. The zero-order valence-corrected chi connectivity index (χ0v) is 17.7. The molecule has 9 heteroatoms. The van der Waals surface area contributed by atoms with Crippen LogP contribution in [0, 0.1) is 5.82 Å². The summed E-state index contributed by atoms with van der Waals surface area (Å²) in [5.41, 5.74) is 3.15. The van der Waals surface area contributed by atoms with Crippen LogP contribution in [0.25, 0.3) is 11.2 Å². The first kappa shape index (κ1) is 20.7. The standard InChI is InChI=1S/C22H20ClFN6O/c1-3-30-12-19-21(29-30)28-20(11-25-19)26-13(2)14-5-4-6-16(9-14)27-22(31)15-7-8-18(24)17(23)10-15/h4-13H,3H2,1-2H3,(H,27,31)(H,26,28,29)/t13-/m0/s1. The number of fused-ring (bicyclic) bond motifs is 1. The van der Waals surface area contributed by atoms with Crippen molar-refractivity contribution in [3.05, 3.63) is 76.8 Å². The predicted molar refractivity (Wildman–Crippen MR) is 119 cm³/mol. The van der Waals surface area contributed by atoms with E-state index < -0.39 is 5.82 Å². The average Bonchev–Trinajstić information content (AvgIpc) is 3.18. The number of nitrogens with one attached hydrogen (secondary N) is 2. The van der Waals surface area contributed by atoms with Crippen LogP contribution >= 0.6 is 11.6 Å². The zero-order chi connectivity index (χ0) is 22.0. The van der Waals surface area contributed by atoms with Crippen LogP contribution in [0.2, 0.25) is 5.02 Å². The van der Waals surface area contributed by atoms with Crippen LogP contribution in [0.4, 0.5) is 15.9 Å². The second kappa shape index (κ2) is 8.69. The number of nitrogens with zero attached hydrogens (tertiary/aromatic N) is 4. The molecule has 0 aliphatic rings. The van der Waals surface area contributed by atoms with Gasteiger partial charge < -0.3 is 10.6 Å². The van der Waals surface area contributed by atoms with E-state index in [1.165, 1.54) is 18.2 Å². The van der Waals surface area contributed by atoms with Gasteiger partial charge in [0.15, 0.2) is 0 Å². The van der Waals surface area contributed by atoms with Gasteiger partial charge in [0.25, 0.3) is 5.91 Å². The van der Waals surface area contributed by atoms with Gasteiger partial charge in [-0.3, -0.25) is 9.48 Å². The largest absolute Gasteiger partial charge is 0.362 e. The summed E-state index contributed by atoms with van der Waals surface area (Å²) < 4.78 is 15.1. The van der Waals surface area contributed by atoms with Gasteiger partial charge >= 0.3 is 0 Å². The van der Waals surface area contributed by atoms with Crippen LogP contribution < -0.4 is 10.6 Å². The molecule has 31 heavy (non-hydrogen) atoms. The fourth-order valence-electron chi connectivity index (χ4n) is 3.11. The van der Waals surface area contributed by atoms with Crippen molar-refractivity contribution in [1.82, 2.24) is 19.7 Å². The van der Waals surface area contributed by atoms with Crippen LogP contribution in [0.1, 0.15) is 35.8 Å².